The van der Waals surface area contributed by atoms with Crippen LogP contribution in [0.15, 0.2) is 66.0 Å². The predicted molar refractivity (Wildman–Crippen MR) is 112 cm³/mol. The van der Waals surface area contributed by atoms with E-state index in [1.807, 2.05) is 41.8 Å². The molecule has 0 fully saturated rings. The molecular weight excluding hydrogens is 368 g/mol. The van der Waals surface area contributed by atoms with Crippen molar-refractivity contribution in [3.8, 4) is 0 Å². The molecule has 0 radical (unpaired) electrons. The molecule has 3 aromatic rings. The number of nitrogens with one attached hydrogen (secondary N) is 2. The van der Waals surface area contributed by atoms with Crippen LogP contribution < -0.4 is 10.6 Å². The van der Waals surface area contributed by atoms with Gasteiger partial charge in [0.2, 0.25) is 0 Å². The van der Waals surface area contributed by atoms with Crippen LogP contribution in [-0.2, 0) is 13.0 Å². The van der Waals surface area contributed by atoms with Gasteiger partial charge in [-0.1, -0.05) is 42.5 Å². The molecule has 1 atom stereocenters. The largest absolute Gasteiger partial charge is 0.347 e. The predicted octanol–water partition coefficient (Wildman–Crippen LogP) is 4.49. The lowest BCUT2D eigenvalue weighted by atomic mass is 9.87. The fourth-order valence-electron chi connectivity index (χ4n) is 3.60. The van der Waals surface area contributed by atoms with Crippen molar-refractivity contribution in [1.29, 1.82) is 0 Å². The minimum Gasteiger partial charge on any atom is -0.347 e. The number of amides is 2. The first-order valence-electron chi connectivity index (χ1n) is 9.50. The third-order valence-electron chi connectivity index (χ3n) is 5.09. The molecule has 0 saturated carbocycles. The average molecular weight is 391 g/mol. The highest BCUT2D eigenvalue weighted by atomic mass is 32.1. The van der Waals surface area contributed by atoms with E-state index in [1.165, 1.54) is 22.5 Å². The number of carbonyl (C=O) groups is 2. The second-order valence-electron chi connectivity index (χ2n) is 6.97. The van der Waals surface area contributed by atoms with Crippen molar-refractivity contribution >= 4 is 23.2 Å². The van der Waals surface area contributed by atoms with E-state index in [2.05, 4.69) is 28.8 Å². The molecule has 1 aliphatic carbocycles. The molecular formula is C23H22N2O2S. The monoisotopic (exact) mass is 390 g/mol. The molecule has 142 valence electrons. The zero-order chi connectivity index (χ0) is 19.3. The molecule has 5 heteroatoms. The summed E-state index contributed by atoms with van der Waals surface area (Å²) in [5.74, 6) is -0.136. The van der Waals surface area contributed by atoms with E-state index in [0.717, 1.165) is 24.8 Å². The maximum atomic E-state index is 12.7. The standard InChI is InChI=1S/C23H22N2O2S/c26-22(25-20-8-3-6-17-5-1-2-7-19(17)20)18-12-10-16(11-13-18)15-24-23(27)21-9-4-14-28-21/h1-2,4-5,7,9-14,20H,3,6,8,15H2,(H,24,27)(H,25,26). The topological polar surface area (TPSA) is 58.2 Å². The molecule has 2 amide bonds. The molecule has 2 N–H and O–H groups in total. The molecule has 4 rings (SSSR count). The molecule has 1 aromatic heterocycles. The summed E-state index contributed by atoms with van der Waals surface area (Å²) in [7, 11) is 0. The van der Waals surface area contributed by atoms with E-state index in [0.29, 0.717) is 17.0 Å². The van der Waals surface area contributed by atoms with E-state index in [4.69, 9.17) is 0 Å². The third kappa shape index (κ3) is 4.15. The zero-order valence-corrected chi connectivity index (χ0v) is 16.3. The van der Waals surface area contributed by atoms with Crippen LogP contribution in [0, 0.1) is 0 Å². The second-order valence-corrected chi connectivity index (χ2v) is 7.92. The molecule has 1 heterocycles. The molecule has 0 saturated heterocycles. The van der Waals surface area contributed by atoms with Gasteiger partial charge >= 0.3 is 0 Å². The molecule has 0 aliphatic heterocycles. The molecule has 0 bridgehead atoms. The minimum absolute atomic E-state index is 0.0594. The van der Waals surface area contributed by atoms with Crippen molar-refractivity contribution in [2.45, 2.75) is 31.8 Å². The van der Waals surface area contributed by atoms with Gasteiger partial charge in [0.25, 0.3) is 11.8 Å². The Kier molecular flexibility index (Phi) is 5.53. The van der Waals surface area contributed by atoms with Crippen molar-refractivity contribution in [2.75, 3.05) is 0 Å². The van der Waals surface area contributed by atoms with Gasteiger partial charge in [-0.15, -0.1) is 11.3 Å². The number of hydrogen-bond donors (Lipinski definition) is 2. The number of rotatable bonds is 5. The summed E-state index contributed by atoms with van der Waals surface area (Å²) in [5, 5.41) is 7.95. The lowest BCUT2D eigenvalue weighted by Gasteiger charge is -2.26. The summed E-state index contributed by atoms with van der Waals surface area (Å²) in [6.07, 6.45) is 3.13. The lowest BCUT2D eigenvalue weighted by molar-refractivity contribution is 0.0929. The zero-order valence-electron chi connectivity index (χ0n) is 15.5. The number of thiophene rings is 1. The lowest BCUT2D eigenvalue weighted by Crippen LogP contribution is -2.31. The first kappa shape index (κ1) is 18.4. The maximum Gasteiger partial charge on any atom is 0.261 e. The van der Waals surface area contributed by atoms with Crippen molar-refractivity contribution in [3.63, 3.8) is 0 Å². The van der Waals surface area contributed by atoms with Gasteiger partial charge in [0.1, 0.15) is 0 Å². The Morgan fingerprint density at radius 1 is 0.964 bits per heavy atom. The molecule has 4 nitrogen and oxygen atoms in total. The summed E-state index contributed by atoms with van der Waals surface area (Å²) in [4.78, 5) is 25.4. The van der Waals surface area contributed by atoms with Crippen LogP contribution in [0.1, 0.15) is 55.6 Å². The summed E-state index contributed by atoms with van der Waals surface area (Å²) >= 11 is 1.42. The van der Waals surface area contributed by atoms with E-state index in [1.54, 1.807) is 6.07 Å². The molecule has 0 spiro atoms. The van der Waals surface area contributed by atoms with Crippen LogP contribution in [0.5, 0.6) is 0 Å². The van der Waals surface area contributed by atoms with Gasteiger partial charge in [0.05, 0.1) is 10.9 Å². The van der Waals surface area contributed by atoms with Crippen LogP contribution in [0.4, 0.5) is 0 Å². The Hall–Kier alpha value is -2.92. The van der Waals surface area contributed by atoms with Gasteiger partial charge in [-0.05, 0) is 59.5 Å². The van der Waals surface area contributed by atoms with Gasteiger partial charge in [-0.25, -0.2) is 0 Å². The summed E-state index contributed by atoms with van der Waals surface area (Å²) in [6, 6.07) is 19.5. The van der Waals surface area contributed by atoms with Crippen LogP contribution >= 0.6 is 11.3 Å². The third-order valence-corrected chi connectivity index (χ3v) is 5.96. The van der Waals surface area contributed by atoms with Crippen molar-refractivity contribution in [3.05, 3.63) is 93.2 Å². The fourth-order valence-corrected chi connectivity index (χ4v) is 4.24. The quantitative estimate of drug-likeness (QED) is 0.675. The number of carbonyl (C=O) groups excluding carboxylic acids is 2. The van der Waals surface area contributed by atoms with Gasteiger partial charge < -0.3 is 10.6 Å². The molecule has 28 heavy (non-hydrogen) atoms. The van der Waals surface area contributed by atoms with Crippen LogP contribution in [0.25, 0.3) is 0 Å². The van der Waals surface area contributed by atoms with E-state index in [9.17, 15) is 9.59 Å². The van der Waals surface area contributed by atoms with Gasteiger partial charge in [-0.3, -0.25) is 9.59 Å². The van der Waals surface area contributed by atoms with Crippen LogP contribution in [0.2, 0.25) is 0 Å². The first-order chi connectivity index (χ1) is 13.7. The van der Waals surface area contributed by atoms with Gasteiger partial charge in [0.15, 0.2) is 0 Å². The van der Waals surface area contributed by atoms with Gasteiger partial charge in [0, 0.05) is 12.1 Å². The molecule has 1 aliphatic rings. The van der Waals surface area contributed by atoms with Gasteiger partial charge in [-0.2, -0.15) is 0 Å². The number of fused-ring (bicyclic) bond motifs is 1. The second kappa shape index (κ2) is 8.40. The smallest absolute Gasteiger partial charge is 0.261 e. The Morgan fingerprint density at radius 2 is 1.79 bits per heavy atom. The summed E-state index contributed by atoms with van der Waals surface area (Å²) < 4.78 is 0. The van der Waals surface area contributed by atoms with Crippen molar-refractivity contribution < 1.29 is 9.59 Å². The van der Waals surface area contributed by atoms with Crippen LogP contribution in [-0.4, -0.2) is 11.8 Å². The van der Waals surface area contributed by atoms with E-state index >= 15 is 0 Å². The highest BCUT2D eigenvalue weighted by Crippen LogP contribution is 2.29. The average Bonchev–Trinajstić information content (AvgIpc) is 3.28. The summed E-state index contributed by atoms with van der Waals surface area (Å²) in [6.45, 7) is 0.439. The van der Waals surface area contributed by atoms with Crippen molar-refractivity contribution in [1.82, 2.24) is 10.6 Å². The SMILES string of the molecule is O=C(NC1CCCc2ccccc21)c1ccc(CNC(=O)c2cccs2)cc1. The Balaban J connectivity index is 1.36. The highest BCUT2D eigenvalue weighted by Gasteiger charge is 2.21. The highest BCUT2D eigenvalue weighted by molar-refractivity contribution is 7.12. The number of hydrogen-bond acceptors (Lipinski definition) is 3. The van der Waals surface area contributed by atoms with E-state index in [-0.39, 0.29) is 17.9 Å². The number of benzene rings is 2. The minimum atomic E-state index is -0.0761. The fraction of sp³-hybridized carbons (Fsp3) is 0.217. The Morgan fingerprint density at radius 3 is 2.57 bits per heavy atom. The number of aryl methyl sites for hydroxylation is 1. The van der Waals surface area contributed by atoms with Crippen LogP contribution in [0.3, 0.4) is 0 Å². The van der Waals surface area contributed by atoms with Crippen molar-refractivity contribution in [2.24, 2.45) is 0 Å². The summed E-state index contributed by atoms with van der Waals surface area (Å²) in [5.41, 5.74) is 4.16. The molecule has 1 unspecified atom stereocenters. The molecule has 2 aromatic carbocycles. The Bertz CT molecular complexity index is 965. The van der Waals surface area contributed by atoms with E-state index < -0.39 is 0 Å². The normalized spacial score (nSPS) is 15.5. The maximum absolute atomic E-state index is 12.7. The Labute approximate surface area is 168 Å². The first-order valence-corrected chi connectivity index (χ1v) is 10.4.